The van der Waals surface area contributed by atoms with Gasteiger partial charge in [-0.05, 0) is 61.4 Å². The van der Waals surface area contributed by atoms with Crippen molar-refractivity contribution in [2.75, 3.05) is 17.4 Å². The average molecular weight is 645 g/mol. The number of hydrogen-bond donors (Lipinski definition) is 1. The van der Waals surface area contributed by atoms with Crippen LogP contribution in [0.15, 0.2) is 77.7 Å². The molecule has 0 aliphatic rings. The van der Waals surface area contributed by atoms with Crippen LogP contribution in [0.3, 0.4) is 0 Å². The maximum absolute atomic E-state index is 13.9. The molecule has 0 saturated carbocycles. The molecule has 0 fully saturated rings. The van der Waals surface area contributed by atoms with Crippen molar-refractivity contribution < 1.29 is 31.2 Å². The SMILES string of the molecule is CCCCNC(=O)C(C)N(Cc1ccc(Cl)cc1Cl)C(=O)CN(c1cccc(C(F)(F)F)c1)S(=O)(=O)c1ccccc1. The summed E-state index contributed by atoms with van der Waals surface area (Å²) in [5, 5.41) is 3.31. The standard InChI is InChI=1S/C29H30Cl2F3N3O4S/c1-3-4-15-35-28(39)20(2)36(18-21-13-14-23(30)17-26(21)31)27(38)19-37(42(40,41)25-11-6-5-7-12-25)24-10-8-9-22(16-24)29(32,33)34/h5-14,16-17,20H,3-4,15,18-19H2,1-2H3,(H,35,39). The van der Waals surface area contributed by atoms with Gasteiger partial charge in [0, 0.05) is 23.1 Å². The number of halogens is 5. The molecule has 2 amide bonds. The van der Waals surface area contributed by atoms with Gasteiger partial charge in [0.15, 0.2) is 0 Å². The molecule has 0 bridgehead atoms. The Morgan fingerprint density at radius 3 is 2.29 bits per heavy atom. The van der Waals surface area contributed by atoms with Crippen molar-refractivity contribution in [1.82, 2.24) is 10.2 Å². The number of carbonyl (C=O) groups is 2. The molecule has 0 aromatic heterocycles. The Bertz CT molecular complexity index is 1510. The van der Waals surface area contributed by atoms with Gasteiger partial charge in [0.25, 0.3) is 10.0 Å². The van der Waals surface area contributed by atoms with Gasteiger partial charge in [-0.3, -0.25) is 13.9 Å². The largest absolute Gasteiger partial charge is 0.416 e. The molecular weight excluding hydrogens is 614 g/mol. The number of nitrogens with one attached hydrogen (secondary N) is 1. The minimum absolute atomic E-state index is 0.195. The van der Waals surface area contributed by atoms with Gasteiger partial charge in [-0.25, -0.2) is 8.42 Å². The molecule has 1 unspecified atom stereocenters. The number of unbranched alkanes of at least 4 members (excludes halogenated alkanes) is 1. The number of carbonyl (C=O) groups excluding carboxylic acids is 2. The number of amides is 2. The first-order valence-electron chi connectivity index (χ1n) is 13.0. The molecule has 3 rings (SSSR count). The summed E-state index contributed by atoms with van der Waals surface area (Å²) in [6.07, 6.45) is -3.24. The molecule has 0 aliphatic heterocycles. The predicted molar refractivity (Wildman–Crippen MR) is 157 cm³/mol. The lowest BCUT2D eigenvalue weighted by atomic mass is 10.1. The Morgan fingerprint density at radius 1 is 0.976 bits per heavy atom. The van der Waals surface area contributed by atoms with Crippen molar-refractivity contribution in [3.8, 4) is 0 Å². The first-order valence-corrected chi connectivity index (χ1v) is 15.2. The van der Waals surface area contributed by atoms with Gasteiger partial charge in [-0.15, -0.1) is 0 Å². The second-order valence-electron chi connectivity index (χ2n) is 9.45. The summed E-state index contributed by atoms with van der Waals surface area (Å²) in [4.78, 5) is 27.8. The van der Waals surface area contributed by atoms with Crippen LogP contribution in [0.4, 0.5) is 18.9 Å². The zero-order valence-electron chi connectivity index (χ0n) is 22.9. The monoisotopic (exact) mass is 643 g/mol. The number of rotatable bonds is 12. The number of alkyl halides is 3. The molecule has 1 atom stereocenters. The highest BCUT2D eigenvalue weighted by molar-refractivity contribution is 7.92. The highest BCUT2D eigenvalue weighted by Crippen LogP contribution is 2.33. The van der Waals surface area contributed by atoms with Crippen LogP contribution in [0, 0.1) is 0 Å². The fourth-order valence-corrected chi connectivity index (χ4v) is 5.93. The van der Waals surface area contributed by atoms with Crippen LogP contribution in [-0.2, 0) is 32.3 Å². The Labute approximate surface area is 253 Å². The first kappa shape index (κ1) is 33.2. The third-order valence-electron chi connectivity index (χ3n) is 6.42. The average Bonchev–Trinajstić information content (AvgIpc) is 2.95. The number of anilines is 1. The zero-order valence-corrected chi connectivity index (χ0v) is 25.2. The normalized spacial score (nSPS) is 12.5. The van der Waals surface area contributed by atoms with Gasteiger partial charge in [-0.2, -0.15) is 13.2 Å². The van der Waals surface area contributed by atoms with Gasteiger partial charge in [0.05, 0.1) is 16.1 Å². The minimum Gasteiger partial charge on any atom is -0.354 e. The van der Waals surface area contributed by atoms with E-state index in [0.717, 1.165) is 23.5 Å². The summed E-state index contributed by atoms with van der Waals surface area (Å²) < 4.78 is 68.8. The van der Waals surface area contributed by atoms with Crippen molar-refractivity contribution in [3.05, 3.63) is 94.0 Å². The van der Waals surface area contributed by atoms with E-state index in [1.807, 2.05) is 6.92 Å². The van der Waals surface area contributed by atoms with E-state index in [4.69, 9.17) is 23.2 Å². The van der Waals surface area contributed by atoms with Gasteiger partial charge < -0.3 is 10.2 Å². The third-order valence-corrected chi connectivity index (χ3v) is 8.80. The molecule has 0 spiro atoms. The molecule has 0 saturated heterocycles. The van der Waals surface area contributed by atoms with Crippen LogP contribution in [-0.4, -0.2) is 44.3 Å². The maximum Gasteiger partial charge on any atom is 0.416 e. The van der Waals surface area contributed by atoms with Crippen LogP contribution in [0.5, 0.6) is 0 Å². The van der Waals surface area contributed by atoms with Crippen LogP contribution in [0.2, 0.25) is 10.0 Å². The number of benzene rings is 3. The summed E-state index contributed by atoms with van der Waals surface area (Å²) in [5.41, 5.74) is -1.03. The predicted octanol–water partition coefficient (Wildman–Crippen LogP) is 6.54. The molecule has 13 heteroatoms. The number of hydrogen-bond acceptors (Lipinski definition) is 4. The smallest absolute Gasteiger partial charge is 0.354 e. The number of nitrogens with zero attached hydrogens (tertiary/aromatic N) is 2. The second-order valence-corrected chi connectivity index (χ2v) is 12.2. The fourth-order valence-electron chi connectivity index (χ4n) is 4.04. The lowest BCUT2D eigenvalue weighted by Crippen LogP contribution is -2.51. The Kier molecular flexibility index (Phi) is 11.3. The summed E-state index contributed by atoms with van der Waals surface area (Å²) >= 11 is 12.4. The minimum atomic E-state index is -4.76. The molecule has 7 nitrogen and oxygen atoms in total. The van der Waals surface area contributed by atoms with E-state index in [1.165, 1.54) is 43.3 Å². The van der Waals surface area contributed by atoms with Crippen molar-refractivity contribution in [2.45, 2.75) is 50.3 Å². The van der Waals surface area contributed by atoms with Crippen molar-refractivity contribution >= 4 is 50.7 Å². The third kappa shape index (κ3) is 8.39. The molecule has 42 heavy (non-hydrogen) atoms. The fraction of sp³-hybridized carbons (Fsp3) is 0.310. The Hall–Kier alpha value is -3.28. The van der Waals surface area contributed by atoms with E-state index >= 15 is 0 Å². The molecule has 0 heterocycles. The van der Waals surface area contributed by atoms with E-state index in [1.54, 1.807) is 18.2 Å². The van der Waals surface area contributed by atoms with E-state index < -0.39 is 46.2 Å². The van der Waals surface area contributed by atoms with E-state index in [9.17, 15) is 31.2 Å². The summed E-state index contributed by atoms with van der Waals surface area (Å²) in [5.74, 6) is -1.32. The zero-order chi connectivity index (χ0) is 31.1. The van der Waals surface area contributed by atoms with Gasteiger partial charge >= 0.3 is 6.18 Å². The van der Waals surface area contributed by atoms with Gasteiger partial charge in [0.1, 0.15) is 12.6 Å². The molecular formula is C29H30Cl2F3N3O4S. The van der Waals surface area contributed by atoms with E-state index in [0.29, 0.717) is 33.9 Å². The first-order chi connectivity index (χ1) is 19.8. The topological polar surface area (TPSA) is 86.8 Å². The summed E-state index contributed by atoms with van der Waals surface area (Å²) in [6.45, 7) is 2.70. The van der Waals surface area contributed by atoms with E-state index in [2.05, 4.69) is 5.32 Å². The molecule has 3 aromatic rings. The van der Waals surface area contributed by atoms with Gasteiger partial charge in [0.2, 0.25) is 11.8 Å². The molecule has 3 aromatic carbocycles. The van der Waals surface area contributed by atoms with Crippen molar-refractivity contribution in [2.24, 2.45) is 0 Å². The summed E-state index contributed by atoms with van der Waals surface area (Å²) in [6, 6.07) is 14.2. The molecule has 226 valence electrons. The lowest BCUT2D eigenvalue weighted by molar-refractivity contribution is -0.139. The Balaban J connectivity index is 2.07. The van der Waals surface area contributed by atoms with Crippen molar-refractivity contribution in [1.29, 1.82) is 0 Å². The summed E-state index contributed by atoms with van der Waals surface area (Å²) in [7, 11) is -4.52. The van der Waals surface area contributed by atoms with Crippen LogP contribution in [0.1, 0.15) is 37.8 Å². The van der Waals surface area contributed by atoms with Crippen molar-refractivity contribution in [3.63, 3.8) is 0 Å². The van der Waals surface area contributed by atoms with Crippen LogP contribution < -0.4 is 9.62 Å². The maximum atomic E-state index is 13.9. The lowest BCUT2D eigenvalue weighted by Gasteiger charge is -2.32. The molecule has 1 N–H and O–H groups in total. The Morgan fingerprint density at radius 2 is 1.67 bits per heavy atom. The molecule has 0 radical (unpaired) electrons. The quantitative estimate of drug-likeness (QED) is 0.227. The molecule has 0 aliphatic carbocycles. The highest BCUT2D eigenvalue weighted by Gasteiger charge is 2.35. The van der Waals surface area contributed by atoms with Crippen LogP contribution >= 0.6 is 23.2 Å². The van der Waals surface area contributed by atoms with Crippen LogP contribution in [0.25, 0.3) is 0 Å². The van der Waals surface area contributed by atoms with E-state index in [-0.39, 0.29) is 22.2 Å². The number of sulfonamides is 1. The second kappa shape index (κ2) is 14.3. The highest BCUT2D eigenvalue weighted by atomic mass is 35.5. The van der Waals surface area contributed by atoms with Gasteiger partial charge in [-0.1, -0.05) is 66.9 Å².